The summed E-state index contributed by atoms with van der Waals surface area (Å²) in [5.74, 6) is 0. The van der Waals surface area contributed by atoms with Crippen molar-refractivity contribution < 1.29 is 12.3 Å². The third kappa shape index (κ3) is 1.46. The smallest absolute Gasteiger partial charge is 0.0647 e. The molecule has 0 spiro atoms. The highest BCUT2D eigenvalue weighted by Gasteiger charge is 1.86. The largest absolute Gasteiger partial charge is 0.399 e. The van der Waals surface area contributed by atoms with Crippen LogP contribution < -0.4 is 5.73 Å². The van der Waals surface area contributed by atoms with Crippen molar-refractivity contribution >= 4 is 5.69 Å². The van der Waals surface area contributed by atoms with Crippen LogP contribution in [0.4, 0.5) is 5.69 Å². The van der Waals surface area contributed by atoms with Crippen LogP contribution in [0, 0.1) is 0 Å². The molecule has 0 saturated carbocycles. The predicted molar refractivity (Wildman–Crippen MR) is 40.2 cm³/mol. The van der Waals surface area contributed by atoms with E-state index < -0.39 is 48.6 Å². The summed E-state index contributed by atoms with van der Waals surface area (Å²) >= 11 is 0. The minimum atomic E-state index is -3.10. The molecule has 1 aromatic rings. The standard InChI is InChI=1S/C8H11N/c1-2-7-4-3-5-8(9)6-7/h3-6H,2,9H2,1H3/i1D3,2D2,3D,4D,5D,6D. The maximum Gasteiger partial charge on any atom is 0.0647 e. The Morgan fingerprint density at radius 2 is 2.78 bits per heavy atom. The van der Waals surface area contributed by atoms with Gasteiger partial charge in [0, 0.05) is 12.5 Å². The zero-order valence-electron chi connectivity index (χ0n) is 13.6. The summed E-state index contributed by atoms with van der Waals surface area (Å²) in [5, 5.41) is 0. The Kier molecular flexibility index (Phi) is 0.384. The summed E-state index contributed by atoms with van der Waals surface area (Å²) in [6.07, 6.45) is -2.97. The van der Waals surface area contributed by atoms with Crippen LogP contribution in [-0.2, 0) is 6.37 Å². The molecule has 2 N–H and O–H groups in total. The summed E-state index contributed by atoms with van der Waals surface area (Å²) in [7, 11) is 0. The van der Waals surface area contributed by atoms with E-state index in [4.69, 9.17) is 18.1 Å². The molecule has 0 amide bonds. The fraction of sp³-hybridized carbons (Fsp3) is 0.250. The molecule has 0 atom stereocenters. The van der Waals surface area contributed by atoms with Crippen LogP contribution in [0.15, 0.2) is 24.2 Å². The highest BCUT2D eigenvalue weighted by molar-refractivity contribution is 5.40. The molecular weight excluding hydrogens is 110 g/mol. The lowest BCUT2D eigenvalue weighted by atomic mass is 10.1. The molecule has 0 fully saturated rings. The van der Waals surface area contributed by atoms with E-state index in [1.165, 1.54) is 0 Å². The molecule has 0 unspecified atom stereocenters. The van der Waals surface area contributed by atoms with Gasteiger partial charge < -0.3 is 5.73 Å². The van der Waals surface area contributed by atoms with Crippen molar-refractivity contribution in [2.24, 2.45) is 0 Å². The minimum Gasteiger partial charge on any atom is -0.399 e. The molecule has 0 aliphatic carbocycles. The zero-order valence-corrected chi connectivity index (χ0v) is 4.58. The quantitative estimate of drug-likeness (QED) is 0.577. The molecule has 0 saturated heterocycles. The van der Waals surface area contributed by atoms with Crippen molar-refractivity contribution in [3.05, 3.63) is 29.7 Å². The second-order valence-electron chi connectivity index (χ2n) is 1.41. The van der Waals surface area contributed by atoms with Crippen molar-refractivity contribution in [1.29, 1.82) is 0 Å². The first-order chi connectivity index (χ1) is 7.93. The average molecular weight is 130 g/mol. The first-order valence-corrected chi connectivity index (χ1v) is 2.29. The minimum absolute atomic E-state index is 0.501. The molecule has 0 aliphatic heterocycles. The lowest BCUT2D eigenvalue weighted by Gasteiger charge is -1.95. The van der Waals surface area contributed by atoms with Gasteiger partial charge in [-0.3, -0.25) is 0 Å². The van der Waals surface area contributed by atoms with E-state index in [1.807, 2.05) is 0 Å². The average Bonchev–Trinajstić information content (AvgIpc) is 2.22. The highest BCUT2D eigenvalue weighted by atomic mass is 14.5. The van der Waals surface area contributed by atoms with Gasteiger partial charge in [0.15, 0.2) is 0 Å². The molecule has 1 nitrogen and oxygen atoms in total. The SMILES string of the molecule is [2H]c1c([2H])c(N)c([2H])c(C([2H])([2H])C([2H])([2H])[2H])c1[2H]. The number of rotatable bonds is 1. The van der Waals surface area contributed by atoms with Crippen LogP contribution in [-0.4, -0.2) is 0 Å². The molecule has 0 heterocycles. The monoisotopic (exact) mass is 130 g/mol. The van der Waals surface area contributed by atoms with Crippen LogP contribution in [0.5, 0.6) is 0 Å². The van der Waals surface area contributed by atoms with Gasteiger partial charge in [-0.05, 0) is 24.0 Å². The molecule has 0 radical (unpaired) electrons. The number of hydrogen-bond acceptors (Lipinski definition) is 1. The van der Waals surface area contributed by atoms with Crippen molar-refractivity contribution in [3.8, 4) is 0 Å². The Morgan fingerprint density at radius 3 is 3.56 bits per heavy atom. The van der Waals surface area contributed by atoms with Crippen LogP contribution in [0.1, 0.15) is 24.8 Å². The van der Waals surface area contributed by atoms with Crippen molar-refractivity contribution in [3.63, 3.8) is 0 Å². The fourth-order valence-electron chi connectivity index (χ4n) is 0.421. The van der Waals surface area contributed by atoms with Gasteiger partial charge in [-0.1, -0.05) is 18.9 Å². The van der Waals surface area contributed by atoms with Crippen LogP contribution in [0.3, 0.4) is 0 Å². The van der Waals surface area contributed by atoms with Crippen molar-refractivity contribution in [2.45, 2.75) is 13.2 Å². The number of benzene rings is 1. The van der Waals surface area contributed by atoms with Gasteiger partial charge in [-0.15, -0.1) is 0 Å². The Morgan fingerprint density at radius 1 is 1.89 bits per heavy atom. The second-order valence-corrected chi connectivity index (χ2v) is 1.41. The summed E-state index contributed by atoms with van der Waals surface area (Å²) in [4.78, 5) is 0. The van der Waals surface area contributed by atoms with Gasteiger partial charge >= 0.3 is 0 Å². The second kappa shape index (κ2) is 2.53. The Balaban J connectivity index is 3.72. The zero-order chi connectivity index (χ0) is 14.5. The maximum absolute atomic E-state index is 7.57. The molecule has 1 aromatic carbocycles. The summed E-state index contributed by atoms with van der Waals surface area (Å²) in [6, 6.07) is -2.77. The Labute approximate surface area is 68.1 Å². The lowest BCUT2D eigenvalue weighted by molar-refractivity contribution is 1.14. The normalized spacial score (nSPS) is 26.9. The third-order valence-electron chi connectivity index (χ3n) is 0.769. The number of nitrogen functional groups attached to an aromatic ring is 1. The topological polar surface area (TPSA) is 26.0 Å². The lowest BCUT2D eigenvalue weighted by Crippen LogP contribution is -1.85. The summed E-state index contributed by atoms with van der Waals surface area (Å²) < 4.78 is 66.3. The maximum atomic E-state index is 7.57. The van der Waals surface area contributed by atoms with E-state index in [1.54, 1.807) is 0 Å². The number of nitrogens with two attached hydrogens (primary N) is 1. The van der Waals surface area contributed by atoms with E-state index >= 15 is 0 Å². The molecule has 1 rings (SSSR count). The molecule has 0 aliphatic rings. The molecule has 1 heteroatoms. The number of hydrogen-bond donors (Lipinski definition) is 1. The van der Waals surface area contributed by atoms with E-state index in [0.29, 0.717) is 0 Å². The van der Waals surface area contributed by atoms with Crippen LogP contribution in [0.25, 0.3) is 0 Å². The van der Waals surface area contributed by atoms with Gasteiger partial charge in [-0.25, -0.2) is 0 Å². The van der Waals surface area contributed by atoms with Crippen molar-refractivity contribution in [1.82, 2.24) is 0 Å². The fourth-order valence-corrected chi connectivity index (χ4v) is 0.421. The van der Waals surface area contributed by atoms with E-state index in [0.717, 1.165) is 0 Å². The van der Waals surface area contributed by atoms with Crippen LogP contribution in [0.2, 0.25) is 0 Å². The van der Waals surface area contributed by atoms with Gasteiger partial charge in [0.05, 0.1) is 5.48 Å². The molecule has 0 aromatic heterocycles. The summed E-state index contributed by atoms with van der Waals surface area (Å²) in [5.41, 5.74) is 4.09. The Hall–Kier alpha value is -0.980. The highest BCUT2D eigenvalue weighted by Crippen LogP contribution is 2.05. The van der Waals surface area contributed by atoms with Gasteiger partial charge in [0.25, 0.3) is 0 Å². The van der Waals surface area contributed by atoms with Gasteiger partial charge in [0.2, 0.25) is 0 Å². The first kappa shape index (κ1) is 1.36. The predicted octanol–water partition coefficient (Wildman–Crippen LogP) is 1.83. The molecule has 48 valence electrons. The molecule has 9 heavy (non-hydrogen) atoms. The Bertz CT molecular complexity index is 461. The first-order valence-electron chi connectivity index (χ1n) is 6.79. The third-order valence-corrected chi connectivity index (χ3v) is 0.769. The van der Waals surface area contributed by atoms with E-state index in [2.05, 4.69) is 0 Å². The van der Waals surface area contributed by atoms with Gasteiger partial charge in [0.1, 0.15) is 0 Å². The van der Waals surface area contributed by atoms with E-state index in [9.17, 15) is 0 Å². The van der Waals surface area contributed by atoms with E-state index in [-0.39, 0.29) is 0 Å². The van der Waals surface area contributed by atoms with Crippen LogP contribution >= 0.6 is 0 Å². The van der Waals surface area contributed by atoms with Crippen molar-refractivity contribution in [2.75, 3.05) is 5.73 Å². The molecule has 0 bridgehead atoms. The molecular formula is C8H11N. The summed E-state index contributed by atoms with van der Waals surface area (Å²) in [6.45, 7) is -3.10. The van der Waals surface area contributed by atoms with Gasteiger partial charge in [-0.2, -0.15) is 0 Å². The number of anilines is 1.